The maximum Gasteiger partial charge on any atom is 0.0766 e. The quantitative estimate of drug-likeness (QED) is 0.536. The Morgan fingerprint density at radius 2 is 2.38 bits per heavy atom. The van der Waals surface area contributed by atoms with E-state index in [-0.39, 0.29) is 6.10 Å². The molecule has 0 amide bonds. The van der Waals surface area contributed by atoms with Crippen LogP contribution in [0.2, 0.25) is 0 Å². The number of hydrogen-bond acceptors (Lipinski definition) is 1. The van der Waals surface area contributed by atoms with Crippen LogP contribution in [0.1, 0.15) is 20.3 Å². The number of hydrogen-bond donors (Lipinski definition) is 1. The van der Waals surface area contributed by atoms with E-state index >= 15 is 0 Å². The van der Waals surface area contributed by atoms with E-state index in [0.29, 0.717) is 0 Å². The highest BCUT2D eigenvalue weighted by Gasteiger charge is 1.78. The normalized spacial score (nSPS) is 11.9. The average molecular weight is 112 g/mol. The van der Waals surface area contributed by atoms with Crippen LogP contribution in [0, 0.1) is 0 Å². The van der Waals surface area contributed by atoms with Crippen molar-refractivity contribution in [3.8, 4) is 0 Å². The van der Waals surface area contributed by atoms with Gasteiger partial charge in [0.2, 0.25) is 0 Å². The molecule has 0 aliphatic rings. The van der Waals surface area contributed by atoms with Gasteiger partial charge in [0.15, 0.2) is 0 Å². The zero-order chi connectivity index (χ0) is 6.41. The Labute approximate surface area is 50.3 Å². The van der Waals surface area contributed by atoms with Gasteiger partial charge in [-0.25, -0.2) is 0 Å². The minimum atomic E-state index is -0.363. The average Bonchev–Trinajstić information content (AvgIpc) is 1.66. The summed E-state index contributed by atoms with van der Waals surface area (Å²) in [5.74, 6) is 0. The van der Waals surface area contributed by atoms with E-state index in [1.807, 2.05) is 13.0 Å². The van der Waals surface area contributed by atoms with Crippen LogP contribution in [0.15, 0.2) is 17.9 Å². The lowest BCUT2D eigenvalue weighted by Crippen LogP contribution is -1.89. The first-order chi connectivity index (χ1) is 3.77. The Morgan fingerprint density at radius 3 is 2.75 bits per heavy atom. The molecular formula is C7H12O. The van der Waals surface area contributed by atoms with Crippen molar-refractivity contribution in [2.75, 3.05) is 0 Å². The second-order valence-electron chi connectivity index (χ2n) is 1.69. The van der Waals surface area contributed by atoms with E-state index in [9.17, 15) is 0 Å². The Hall–Kier alpha value is -0.520. The van der Waals surface area contributed by atoms with Gasteiger partial charge in [0, 0.05) is 0 Å². The van der Waals surface area contributed by atoms with Crippen LogP contribution in [-0.4, -0.2) is 11.2 Å². The molecule has 0 spiro atoms. The van der Waals surface area contributed by atoms with Crippen molar-refractivity contribution in [3.05, 3.63) is 17.9 Å². The Kier molecular flexibility index (Phi) is 4.33. The molecule has 0 aliphatic carbocycles. The Bertz CT molecular complexity index is 97.0. The Balaban J connectivity index is 3.47. The monoisotopic (exact) mass is 112 g/mol. The fourth-order valence-electron chi connectivity index (χ4n) is 0.325. The predicted molar refractivity (Wildman–Crippen MR) is 34.6 cm³/mol. The largest absolute Gasteiger partial charge is 0.389 e. The smallest absolute Gasteiger partial charge is 0.0766 e. The van der Waals surface area contributed by atoms with Crippen molar-refractivity contribution >= 4 is 0 Å². The molecule has 0 bridgehead atoms. The molecule has 0 aromatic rings. The molecule has 0 rings (SSSR count). The van der Waals surface area contributed by atoms with Crippen LogP contribution in [-0.2, 0) is 0 Å². The molecular weight excluding hydrogens is 100 g/mol. The van der Waals surface area contributed by atoms with E-state index in [4.69, 9.17) is 5.11 Å². The van der Waals surface area contributed by atoms with Crippen molar-refractivity contribution in [2.45, 2.75) is 26.4 Å². The first-order valence-electron chi connectivity index (χ1n) is 2.86. The van der Waals surface area contributed by atoms with Crippen LogP contribution in [0.3, 0.4) is 0 Å². The second kappa shape index (κ2) is 4.63. The van der Waals surface area contributed by atoms with Crippen LogP contribution < -0.4 is 0 Å². The summed E-state index contributed by atoms with van der Waals surface area (Å²) in [6.45, 7) is 3.74. The van der Waals surface area contributed by atoms with Gasteiger partial charge in [-0.05, 0) is 25.5 Å². The molecule has 0 aromatic carbocycles. The van der Waals surface area contributed by atoms with Crippen molar-refractivity contribution < 1.29 is 5.11 Å². The van der Waals surface area contributed by atoms with Gasteiger partial charge in [0.1, 0.15) is 0 Å². The van der Waals surface area contributed by atoms with E-state index in [2.05, 4.69) is 5.73 Å². The van der Waals surface area contributed by atoms with Crippen LogP contribution >= 0.6 is 0 Å². The summed E-state index contributed by atoms with van der Waals surface area (Å²) in [5.41, 5.74) is 2.83. The first-order valence-corrected chi connectivity index (χ1v) is 2.86. The van der Waals surface area contributed by atoms with Gasteiger partial charge in [0.25, 0.3) is 0 Å². The molecule has 0 aromatic heterocycles. The van der Waals surface area contributed by atoms with Gasteiger partial charge in [-0.3, -0.25) is 0 Å². The maximum atomic E-state index is 8.64. The second-order valence-corrected chi connectivity index (χ2v) is 1.69. The van der Waals surface area contributed by atoms with E-state index in [1.165, 1.54) is 0 Å². The highest BCUT2D eigenvalue weighted by Crippen LogP contribution is 1.80. The molecule has 1 N–H and O–H groups in total. The van der Waals surface area contributed by atoms with Gasteiger partial charge >= 0.3 is 0 Å². The van der Waals surface area contributed by atoms with Gasteiger partial charge in [0.05, 0.1) is 6.10 Å². The molecule has 0 saturated heterocycles. The summed E-state index contributed by atoms with van der Waals surface area (Å²) >= 11 is 0. The summed E-state index contributed by atoms with van der Waals surface area (Å²) in [6, 6.07) is 0. The lowest BCUT2D eigenvalue weighted by molar-refractivity contribution is 0.244. The predicted octanol–water partition coefficient (Wildman–Crippen LogP) is 1.49. The molecule has 0 saturated carbocycles. The lowest BCUT2D eigenvalue weighted by atomic mass is 10.4. The molecule has 46 valence electrons. The van der Waals surface area contributed by atoms with Crippen molar-refractivity contribution in [3.63, 3.8) is 0 Å². The third-order valence-electron chi connectivity index (χ3n) is 0.659. The van der Waals surface area contributed by atoms with Crippen LogP contribution in [0.4, 0.5) is 0 Å². The molecule has 1 heteroatoms. The SMILES string of the molecule is CCC=C=CC(C)O. The fourth-order valence-corrected chi connectivity index (χ4v) is 0.325. The van der Waals surface area contributed by atoms with Crippen molar-refractivity contribution in [1.82, 2.24) is 0 Å². The first kappa shape index (κ1) is 7.48. The fraction of sp³-hybridized carbons (Fsp3) is 0.571. The van der Waals surface area contributed by atoms with Crippen LogP contribution in [0.25, 0.3) is 0 Å². The van der Waals surface area contributed by atoms with Crippen molar-refractivity contribution in [1.29, 1.82) is 0 Å². The molecule has 0 heterocycles. The van der Waals surface area contributed by atoms with E-state index in [0.717, 1.165) is 6.42 Å². The number of rotatable bonds is 2. The highest BCUT2D eigenvalue weighted by atomic mass is 16.3. The third kappa shape index (κ3) is 5.48. The van der Waals surface area contributed by atoms with Crippen molar-refractivity contribution in [2.24, 2.45) is 0 Å². The number of aliphatic hydroxyl groups is 1. The summed E-state index contributed by atoms with van der Waals surface area (Å²) in [5, 5.41) is 8.64. The minimum absolute atomic E-state index is 0.363. The highest BCUT2D eigenvalue weighted by molar-refractivity contribution is 4.87. The Morgan fingerprint density at radius 1 is 1.75 bits per heavy atom. The summed E-state index contributed by atoms with van der Waals surface area (Å²) in [4.78, 5) is 0. The summed E-state index contributed by atoms with van der Waals surface area (Å²) in [6.07, 6.45) is 4.12. The van der Waals surface area contributed by atoms with Crippen LogP contribution in [0.5, 0.6) is 0 Å². The topological polar surface area (TPSA) is 20.2 Å². The molecule has 1 nitrogen and oxygen atoms in total. The maximum absolute atomic E-state index is 8.64. The minimum Gasteiger partial charge on any atom is -0.389 e. The molecule has 0 radical (unpaired) electrons. The lowest BCUT2D eigenvalue weighted by Gasteiger charge is -1.85. The molecule has 8 heavy (non-hydrogen) atoms. The van der Waals surface area contributed by atoms with E-state index < -0.39 is 0 Å². The standard InChI is InChI=1S/C7H12O/c1-3-4-5-6-7(2)8/h4,6-8H,3H2,1-2H3. The molecule has 1 atom stereocenters. The summed E-state index contributed by atoms with van der Waals surface area (Å²) in [7, 11) is 0. The molecule has 1 unspecified atom stereocenters. The van der Waals surface area contributed by atoms with E-state index in [1.54, 1.807) is 13.0 Å². The van der Waals surface area contributed by atoms with Gasteiger partial charge < -0.3 is 5.11 Å². The van der Waals surface area contributed by atoms with Gasteiger partial charge in [-0.15, -0.1) is 5.73 Å². The number of aliphatic hydroxyl groups excluding tert-OH is 1. The summed E-state index contributed by atoms with van der Waals surface area (Å²) < 4.78 is 0. The molecule has 0 fully saturated rings. The third-order valence-corrected chi connectivity index (χ3v) is 0.659. The molecule has 0 aliphatic heterocycles. The zero-order valence-electron chi connectivity index (χ0n) is 5.39. The van der Waals surface area contributed by atoms with Gasteiger partial charge in [-0.2, -0.15) is 0 Å². The van der Waals surface area contributed by atoms with Gasteiger partial charge in [-0.1, -0.05) is 6.92 Å². The zero-order valence-corrected chi connectivity index (χ0v) is 5.39.